The Balaban J connectivity index is 1.49. The van der Waals surface area contributed by atoms with Crippen molar-refractivity contribution in [1.29, 1.82) is 0 Å². The smallest absolute Gasteiger partial charge is 0.416 e. The second kappa shape index (κ2) is 10.9. The molecule has 13 heteroatoms. The molecule has 2 aromatic rings. The third-order valence-corrected chi connectivity index (χ3v) is 7.00. The Hall–Kier alpha value is -3.19. The summed E-state index contributed by atoms with van der Waals surface area (Å²) in [6.45, 7) is 0.519. The average Bonchev–Trinajstić information content (AvgIpc) is 3.22. The molecule has 2 heterocycles. The van der Waals surface area contributed by atoms with Crippen LogP contribution in [0.25, 0.3) is 6.08 Å². The number of carbonyl (C=O) groups is 1. The zero-order chi connectivity index (χ0) is 27.7. The van der Waals surface area contributed by atoms with Gasteiger partial charge in [-0.3, -0.25) is 4.79 Å². The van der Waals surface area contributed by atoms with Gasteiger partial charge in [-0.05, 0) is 60.5 Å². The third-order valence-electron chi connectivity index (χ3n) is 5.96. The number of ether oxygens (including phenoxy) is 2. The van der Waals surface area contributed by atoms with Gasteiger partial charge in [-0.15, -0.1) is 0 Å². The number of likely N-dealkylation sites (tertiary alicyclic amines) is 1. The molecule has 0 aromatic heterocycles. The van der Waals surface area contributed by atoms with Crippen LogP contribution in [0.15, 0.2) is 46.3 Å². The normalized spacial score (nSPS) is 18.2. The fraction of sp³-hybridized carbons (Fsp3) is 0.360. The lowest BCUT2D eigenvalue weighted by molar-refractivity contribution is -0.143. The number of nitrogens with zero attached hydrogens (tertiary/aromatic N) is 2. The summed E-state index contributed by atoms with van der Waals surface area (Å²) in [5.74, 6) is -0.198. The summed E-state index contributed by atoms with van der Waals surface area (Å²) in [6.07, 6.45) is -7.54. The molecule has 1 amide bonds. The largest absolute Gasteiger partial charge is 0.493 e. The number of piperidine rings is 1. The zero-order valence-corrected chi connectivity index (χ0v) is 20.7. The zero-order valence-electron chi connectivity index (χ0n) is 19.9. The number of benzene rings is 2. The predicted molar refractivity (Wildman–Crippen MR) is 129 cm³/mol. The molecular weight excluding hydrogens is 538 g/mol. The number of thioether (sulfide) groups is 1. The minimum absolute atomic E-state index is 0.0594. The Bertz CT molecular complexity index is 1270. The number of rotatable bonds is 5. The molecule has 4 rings (SSSR count). The summed E-state index contributed by atoms with van der Waals surface area (Å²) in [5.41, 5.74) is -2.78. The molecular formula is C25H22F6N2O4S. The fourth-order valence-corrected chi connectivity index (χ4v) is 4.90. The van der Waals surface area contributed by atoms with Crippen molar-refractivity contribution < 1.29 is 45.7 Å². The van der Waals surface area contributed by atoms with Crippen LogP contribution in [-0.2, 0) is 23.8 Å². The monoisotopic (exact) mass is 560 g/mol. The molecule has 6 nitrogen and oxygen atoms in total. The van der Waals surface area contributed by atoms with Crippen molar-refractivity contribution in [3.63, 3.8) is 0 Å². The van der Waals surface area contributed by atoms with E-state index >= 15 is 0 Å². The van der Waals surface area contributed by atoms with Crippen molar-refractivity contribution in [2.24, 2.45) is 4.99 Å². The van der Waals surface area contributed by atoms with Crippen molar-refractivity contribution in [2.75, 3.05) is 20.2 Å². The predicted octanol–water partition coefficient (Wildman–Crippen LogP) is 5.74. The summed E-state index contributed by atoms with van der Waals surface area (Å²) < 4.78 is 89.8. The lowest BCUT2D eigenvalue weighted by Gasteiger charge is -2.30. The average molecular weight is 561 g/mol. The van der Waals surface area contributed by atoms with Crippen molar-refractivity contribution in [3.8, 4) is 11.5 Å². The number of halogens is 6. The van der Waals surface area contributed by atoms with Crippen LogP contribution in [0.2, 0.25) is 0 Å². The number of carbonyl (C=O) groups excluding carboxylic acids is 1. The molecule has 2 aliphatic heterocycles. The van der Waals surface area contributed by atoms with Crippen LogP contribution in [0.5, 0.6) is 11.5 Å². The molecule has 0 unspecified atom stereocenters. The van der Waals surface area contributed by atoms with E-state index in [1.54, 1.807) is 12.1 Å². The molecule has 1 N–H and O–H groups in total. The molecule has 38 heavy (non-hydrogen) atoms. The molecule has 0 saturated carbocycles. The van der Waals surface area contributed by atoms with E-state index < -0.39 is 41.6 Å². The molecule has 0 atom stereocenters. The van der Waals surface area contributed by atoms with Crippen LogP contribution in [0.4, 0.5) is 26.3 Å². The summed E-state index contributed by atoms with van der Waals surface area (Å²) in [7, 11) is 1.32. The molecule has 0 spiro atoms. The molecule has 2 aliphatic rings. The maximum atomic E-state index is 13.4. The van der Waals surface area contributed by atoms with E-state index in [0.29, 0.717) is 47.6 Å². The van der Waals surface area contributed by atoms with Gasteiger partial charge in [0, 0.05) is 18.7 Å². The Morgan fingerprint density at radius 3 is 2.39 bits per heavy atom. The van der Waals surface area contributed by atoms with E-state index in [2.05, 4.69) is 4.99 Å². The van der Waals surface area contributed by atoms with Gasteiger partial charge in [-0.2, -0.15) is 31.3 Å². The van der Waals surface area contributed by atoms with Crippen molar-refractivity contribution in [1.82, 2.24) is 4.90 Å². The maximum Gasteiger partial charge on any atom is 0.416 e. The standard InChI is InChI=1S/C25H22F6N2O4S/c1-36-20-10-14(11-21-22(35)32-23(38-21)33-8-6-17(34)7-9-33)2-5-19(20)37-13-15-3-4-16(24(26,27)28)12-18(15)25(29,30)31/h2-5,10-12,17,34H,6-9,13H2,1H3. The number of alkyl halides is 6. The van der Waals surface area contributed by atoms with E-state index in [1.165, 1.54) is 31.0 Å². The van der Waals surface area contributed by atoms with Crippen LogP contribution < -0.4 is 9.47 Å². The van der Waals surface area contributed by atoms with Gasteiger partial charge in [0.2, 0.25) is 0 Å². The number of methoxy groups -OCH3 is 1. The lowest BCUT2D eigenvalue weighted by Crippen LogP contribution is -2.38. The number of hydrogen-bond donors (Lipinski definition) is 1. The third kappa shape index (κ3) is 6.44. The number of amides is 1. The molecule has 1 fully saturated rings. The highest BCUT2D eigenvalue weighted by molar-refractivity contribution is 8.18. The minimum Gasteiger partial charge on any atom is -0.493 e. The summed E-state index contributed by atoms with van der Waals surface area (Å²) in [6, 6.07) is 5.87. The van der Waals surface area contributed by atoms with Gasteiger partial charge in [-0.1, -0.05) is 12.1 Å². The summed E-state index contributed by atoms with van der Waals surface area (Å²) in [4.78, 5) is 18.8. The van der Waals surface area contributed by atoms with Crippen molar-refractivity contribution in [3.05, 3.63) is 63.6 Å². The van der Waals surface area contributed by atoms with Gasteiger partial charge < -0.3 is 19.5 Å². The Morgan fingerprint density at radius 1 is 1.05 bits per heavy atom. The Labute approximate surface area is 217 Å². The lowest BCUT2D eigenvalue weighted by atomic mass is 10.0. The quantitative estimate of drug-likeness (QED) is 0.372. The van der Waals surface area contributed by atoms with Crippen molar-refractivity contribution >= 4 is 28.9 Å². The van der Waals surface area contributed by atoms with Gasteiger partial charge in [0.15, 0.2) is 16.7 Å². The Kier molecular flexibility index (Phi) is 7.98. The van der Waals surface area contributed by atoms with Gasteiger partial charge in [0.25, 0.3) is 5.91 Å². The number of aliphatic imine (C=N–C) groups is 1. The first-order chi connectivity index (χ1) is 17.8. The molecule has 1 saturated heterocycles. The summed E-state index contributed by atoms with van der Waals surface area (Å²) >= 11 is 1.20. The molecule has 0 bridgehead atoms. The van der Waals surface area contributed by atoms with Crippen LogP contribution in [0.1, 0.15) is 35.1 Å². The molecule has 2 aromatic carbocycles. The number of aliphatic hydroxyl groups excluding tert-OH is 1. The van der Waals surface area contributed by atoms with Crippen LogP contribution in [-0.4, -0.2) is 47.4 Å². The van der Waals surface area contributed by atoms with Gasteiger partial charge in [0.05, 0.1) is 29.2 Å². The first kappa shape index (κ1) is 27.8. The van der Waals surface area contributed by atoms with E-state index in [9.17, 15) is 36.2 Å². The highest BCUT2D eigenvalue weighted by Gasteiger charge is 2.38. The molecule has 204 valence electrons. The summed E-state index contributed by atoms with van der Waals surface area (Å²) in [5, 5.41) is 10.2. The van der Waals surface area contributed by atoms with E-state index in [1.807, 2.05) is 4.90 Å². The second-order valence-electron chi connectivity index (χ2n) is 8.59. The van der Waals surface area contributed by atoms with E-state index in [-0.39, 0.29) is 23.7 Å². The van der Waals surface area contributed by atoms with Gasteiger partial charge >= 0.3 is 12.4 Å². The SMILES string of the molecule is COc1cc(C=C2SC(N3CCC(O)CC3)=NC2=O)ccc1OCc1ccc(C(F)(F)F)cc1C(F)(F)F. The minimum atomic E-state index is -5.01. The maximum absolute atomic E-state index is 13.4. The highest BCUT2D eigenvalue weighted by Crippen LogP contribution is 2.39. The topological polar surface area (TPSA) is 71.4 Å². The molecule has 0 aliphatic carbocycles. The number of amidine groups is 1. The number of hydrogen-bond acceptors (Lipinski definition) is 6. The van der Waals surface area contributed by atoms with Crippen molar-refractivity contribution in [2.45, 2.75) is 37.9 Å². The highest BCUT2D eigenvalue weighted by atomic mass is 32.2. The first-order valence-electron chi connectivity index (χ1n) is 11.4. The Morgan fingerprint density at radius 2 is 1.76 bits per heavy atom. The molecule has 0 radical (unpaired) electrons. The van der Waals surface area contributed by atoms with Gasteiger partial charge in [0.1, 0.15) is 6.61 Å². The fourth-order valence-electron chi connectivity index (χ4n) is 3.93. The van der Waals surface area contributed by atoms with Crippen LogP contribution in [0, 0.1) is 0 Å². The van der Waals surface area contributed by atoms with Crippen LogP contribution >= 0.6 is 11.8 Å². The van der Waals surface area contributed by atoms with E-state index in [4.69, 9.17) is 9.47 Å². The first-order valence-corrected chi connectivity index (χ1v) is 12.2. The van der Waals surface area contributed by atoms with Gasteiger partial charge in [-0.25, -0.2) is 0 Å². The number of aliphatic hydroxyl groups is 1. The van der Waals surface area contributed by atoms with Crippen LogP contribution in [0.3, 0.4) is 0 Å². The van der Waals surface area contributed by atoms with E-state index in [0.717, 1.165) is 6.07 Å². The second-order valence-corrected chi connectivity index (χ2v) is 9.60.